The third-order valence-corrected chi connectivity index (χ3v) is 5.68. The van der Waals surface area contributed by atoms with Gasteiger partial charge in [-0.05, 0) is 55.3 Å². The summed E-state index contributed by atoms with van der Waals surface area (Å²) in [6.07, 6.45) is 6.28. The van der Waals surface area contributed by atoms with Gasteiger partial charge in [-0.2, -0.15) is 0 Å². The average molecular weight is 477 g/mol. The number of fused-ring (bicyclic) bond motifs is 1. The van der Waals surface area contributed by atoms with Crippen LogP contribution in [0.2, 0.25) is 0 Å². The van der Waals surface area contributed by atoms with Gasteiger partial charge in [-0.15, -0.1) is 0 Å². The van der Waals surface area contributed by atoms with E-state index in [2.05, 4.69) is 28.8 Å². The fourth-order valence-corrected chi connectivity index (χ4v) is 3.95. The van der Waals surface area contributed by atoms with E-state index in [1.54, 1.807) is 54.3 Å². The zero-order chi connectivity index (χ0) is 24.8. The summed E-state index contributed by atoms with van der Waals surface area (Å²) in [5.41, 5.74) is 2.42. The number of nitrogens with zero attached hydrogens (tertiary/aromatic N) is 4. The molecule has 0 amide bonds. The summed E-state index contributed by atoms with van der Waals surface area (Å²) >= 11 is 0. The Morgan fingerprint density at radius 1 is 1.09 bits per heavy atom. The van der Waals surface area contributed by atoms with Crippen molar-refractivity contribution in [3.8, 4) is 11.6 Å². The maximum Gasteiger partial charge on any atom is 0.241 e. The van der Waals surface area contributed by atoms with Gasteiger partial charge in [0.1, 0.15) is 17.3 Å². The Balaban J connectivity index is 0.000000917. The third kappa shape index (κ3) is 5.54. The lowest BCUT2D eigenvalue weighted by Crippen LogP contribution is -2.16. The van der Waals surface area contributed by atoms with Crippen molar-refractivity contribution in [3.63, 3.8) is 0 Å². The van der Waals surface area contributed by atoms with Crippen molar-refractivity contribution in [2.45, 2.75) is 39.0 Å². The number of carbonyl (C=O) groups excluding carboxylic acids is 1. The minimum Gasteiger partial charge on any atom is -0.437 e. The molecule has 0 N–H and O–H groups in total. The second kappa shape index (κ2) is 11.2. The molecule has 0 aliphatic carbocycles. The summed E-state index contributed by atoms with van der Waals surface area (Å²) in [4.78, 5) is 26.2. The zero-order valence-electron chi connectivity index (χ0n) is 20.2. The number of aromatic nitrogens is 4. The van der Waals surface area contributed by atoms with E-state index in [1.807, 2.05) is 0 Å². The van der Waals surface area contributed by atoms with E-state index in [0.717, 1.165) is 18.5 Å². The van der Waals surface area contributed by atoms with Crippen LogP contribution in [-0.4, -0.2) is 38.5 Å². The van der Waals surface area contributed by atoms with Gasteiger partial charge in [-0.1, -0.05) is 20.3 Å². The maximum atomic E-state index is 13.6. The molecule has 182 valence electrons. The van der Waals surface area contributed by atoms with Crippen LogP contribution in [0, 0.1) is 5.82 Å². The number of ether oxygens (including phenoxy) is 2. The second-order valence-corrected chi connectivity index (χ2v) is 8.42. The first kappa shape index (κ1) is 24.5. The van der Waals surface area contributed by atoms with Crippen LogP contribution in [0.3, 0.4) is 0 Å². The van der Waals surface area contributed by atoms with Gasteiger partial charge in [0.25, 0.3) is 0 Å². The molecule has 0 atom stereocenters. The molecule has 1 saturated heterocycles. The van der Waals surface area contributed by atoms with E-state index < -0.39 is 0 Å². The lowest BCUT2D eigenvalue weighted by molar-refractivity contribution is 0.0839. The molecule has 0 spiro atoms. The van der Waals surface area contributed by atoms with Crippen molar-refractivity contribution in [1.82, 2.24) is 19.5 Å². The third-order valence-electron chi connectivity index (χ3n) is 5.68. The summed E-state index contributed by atoms with van der Waals surface area (Å²) in [5.74, 6) is 0.896. The molecule has 0 radical (unpaired) electrons. The quantitative estimate of drug-likeness (QED) is 0.337. The standard InChI is InChI=1S/C24H21FN4O3.C3H8/c1-29-20-14-17(25)4-7-19(20)28-23(29)22(30)16-2-5-18(6-3-16)32-24-21(26-10-11-27-24)15-8-12-31-13-9-15;1-3-2/h2-7,10-11,14-15H,8-9,12-13H2,1H3;3H2,1-2H3. The van der Waals surface area contributed by atoms with Crippen LogP contribution >= 0.6 is 0 Å². The van der Waals surface area contributed by atoms with E-state index in [0.29, 0.717) is 41.4 Å². The first-order valence-electron chi connectivity index (χ1n) is 11.8. The summed E-state index contributed by atoms with van der Waals surface area (Å²) < 4.78 is 26.6. The van der Waals surface area contributed by atoms with Gasteiger partial charge in [-0.25, -0.2) is 14.4 Å². The Bertz CT molecular complexity index is 1300. The zero-order valence-corrected chi connectivity index (χ0v) is 20.2. The van der Waals surface area contributed by atoms with Crippen LogP contribution in [0.4, 0.5) is 4.39 Å². The summed E-state index contributed by atoms with van der Waals surface area (Å²) in [7, 11) is 1.70. The number of aryl methyl sites for hydroxylation is 1. The molecule has 3 heterocycles. The average Bonchev–Trinajstić information content (AvgIpc) is 3.21. The number of rotatable bonds is 5. The Morgan fingerprint density at radius 3 is 2.49 bits per heavy atom. The van der Waals surface area contributed by atoms with Crippen LogP contribution in [-0.2, 0) is 11.8 Å². The number of carbonyl (C=O) groups is 1. The highest BCUT2D eigenvalue weighted by Gasteiger charge is 2.22. The Labute approximate surface area is 204 Å². The Morgan fingerprint density at radius 2 is 1.77 bits per heavy atom. The van der Waals surface area contributed by atoms with Gasteiger partial charge in [0.05, 0.1) is 11.0 Å². The number of benzene rings is 2. The molecule has 4 aromatic rings. The summed E-state index contributed by atoms with van der Waals surface area (Å²) in [6.45, 7) is 5.65. The highest BCUT2D eigenvalue weighted by atomic mass is 19.1. The molecule has 1 fully saturated rings. The van der Waals surface area contributed by atoms with E-state index in [-0.39, 0.29) is 23.3 Å². The van der Waals surface area contributed by atoms with Crippen molar-refractivity contribution in [2.75, 3.05) is 13.2 Å². The van der Waals surface area contributed by atoms with Crippen LogP contribution in [0.1, 0.15) is 60.9 Å². The highest BCUT2D eigenvalue weighted by Crippen LogP contribution is 2.33. The van der Waals surface area contributed by atoms with Crippen molar-refractivity contribution in [1.29, 1.82) is 0 Å². The normalized spacial score (nSPS) is 13.8. The summed E-state index contributed by atoms with van der Waals surface area (Å²) in [6, 6.07) is 11.1. The van der Waals surface area contributed by atoms with Crippen molar-refractivity contribution >= 4 is 16.8 Å². The molecule has 0 unspecified atom stereocenters. The molecule has 1 aliphatic heterocycles. The monoisotopic (exact) mass is 476 g/mol. The fourth-order valence-electron chi connectivity index (χ4n) is 3.95. The van der Waals surface area contributed by atoms with Gasteiger partial charge in [0.2, 0.25) is 11.7 Å². The topological polar surface area (TPSA) is 79.1 Å². The van der Waals surface area contributed by atoms with Crippen LogP contribution < -0.4 is 4.74 Å². The predicted molar refractivity (Wildman–Crippen MR) is 131 cm³/mol. The van der Waals surface area contributed by atoms with Crippen molar-refractivity contribution in [2.24, 2.45) is 7.05 Å². The van der Waals surface area contributed by atoms with Gasteiger partial charge < -0.3 is 14.0 Å². The molecule has 2 aromatic heterocycles. The molecule has 8 heteroatoms. The first-order chi connectivity index (χ1) is 17.0. The van der Waals surface area contributed by atoms with E-state index in [1.165, 1.54) is 18.6 Å². The smallest absolute Gasteiger partial charge is 0.241 e. The minimum atomic E-state index is -0.370. The molecule has 35 heavy (non-hydrogen) atoms. The van der Waals surface area contributed by atoms with Gasteiger partial charge in [0.15, 0.2) is 5.82 Å². The molecular formula is C27H29FN4O3. The SMILES string of the molecule is CCC.Cn1c(C(=O)c2ccc(Oc3nccnc3C3CCOCC3)cc2)nc2ccc(F)cc21. The molecule has 0 bridgehead atoms. The number of halogens is 1. The van der Waals surface area contributed by atoms with Crippen molar-refractivity contribution < 1.29 is 18.7 Å². The lowest BCUT2D eigenvalue weighted by atomic mass is 9.96. The molecule has 7 nitrogen and oxygen atoms in total. The molecule has 0 saturated carbocycles. The molecule has 1 aliphatic rings. The molecule has 5 rings (SSSR count). The van der Waals surface area contributed by atoms with Gasteiger partial charge >= 0.3 is 0 Å². The number of hydrogen-bond acceptors (Lipinski definition) is 6. The van der Waals surface area contributed by atoms with Crippen LogP contribution in [0.5, 0.6) is 11.6 Å². The summed E-state index contributed by atoms with van der Waals surface area (Å²) in [5, 5.41) is 0. The van der Waals surface area contributed by atoms with E-state index >= 15 is 0 Å². The minimum absolute atomic E-state index is 0.245. The lowest BCUT2D eigenvalue weighted by Gasteiger charge is -2.22. The van der Waals surface area contributed by atoms with Gasteiger partial charge in [-0.3, -0.25) is 9.78 Å². The maximum absolute atomic E-state index is 13.6. The largest absolute Gasteiger partial charge is 0.437 e. The van der Waals surface area contributed by atoms with E-state index in [9.17, 15) is 9.18 Å². The highest BCUT2D eigenvalue weighted by molar-refractivity contribution is 6.08. The molecule has 2 aromatic carbocycles. The number of ketones is 1. The first-order valence-corrected chi connectivity index (χ1v) is 11.8. The van der Waals surface area contributed by atoms with Crippen LogP contribution in [0.25, 0.3) is 11.0 Å². The predicted octanol–water partition coefficient (Wildman–Crippen LogP) is 5.84. The van der Waals surface area contributed by atoms with Crippen LogP contribution in [0.15, 0.2) is 54.9 Å². The van der Waals surface area contributed by atoms with Gasteiger partial charge in [0, 0.05) is 44.1 Å². The number of imidazole rings is 1. The Hall–Kier alpha value is -3.65. The second-order valence-electron chi connectivity index (χ2n) is 8.42. The molecular weight excluding hydrogens is 447 g/mol. The van der Waals surface area contributed by atoms with Crippen molar-refractivity contribution in [3.05, 3.63) is 77.8 Å². The Kier molecular flexibility index (Phi) is 7.82. The fraction of sp³-hybridized carbons (Fsp3) is 0.333. The number of hydrogen-bond donors (Lipinski definition) is 0. The van der Waals surface area contributed by atoms with E-state index in [4.69, 9.17) is 9.47 Å².